The van der Waals surface area contributed by atoms with Gasteiger partial charge in [-0.3, -0.25) is 9.59 Å². The van der Waals surface area contributed by atoms with Crippen LogP contribution < -0.4 is 16.2 Å². The molecule has 6 nitrogen and oxygen atoms in total. The number of benzene rings is 1. The van der Waals surface area contributed by atoms with E-state index in [0.717, 1.165) is 24.2 Å². The highest BCUT2D eigenvalue weighted by Crippen LogP contribution is 2.33. The third kappa shape index (κ3) is 3.52. The van der Waals surface area contributed by atoms with E-state index in [2.05, 4.69) is 0 Å². The summed E-state index contributed by atoms with van der Waals surface area (Å²) in [5.74, 6) is 0.00298. The van der Waals surface area contributed by atoms with E-state index in [1.165, 1.54) is 0 Å². The van der Waals surface area contributed by atoms with Crippen molar-refractivity contribution in [1.82, 2.24) is 4.90 Å². The van der Waals surface area contributed by atoms with Gasteiger partial charge in [-0.2, -0.15) is 0 Å². The summed E-state index contributed by atoms with van der Waals surface area (Å²) in [5.41, 5.74) is 11.9. The second-order valence-corrected chi connectivity index (χ2v) is 5.24. The second-order valence-electron chi connectivity index (χ2n) is 5.24. The van der Waals surface area contributed by atoms with Crippen LogP contribution in [-0.4, -0.2) is 36.4 Å². The largest absolute Gasteiger partial charge is 0.497 e. The highest BCUT2D eigenvalue weighted by Gasteiger charge is 2.33. The minimum atomic E-state index is -0.860. The number of likely N-dealkylation sites (tertiary alicyclic amines) is 1. The first-order valence-corrected chi connectivity index (χ1v) is 7.01. The van der Waals surface area contributed by atoms with Crippen LogP contribution in [0, 0.1) is 0 Å². The van der Waals surface area contributed by atoms with Gasteiger partial charge in [0.2, 0.25) is 11.8 Å². The van der Waals surface area contributed by atoms with Gasteiger partial charge in [0.1, 0.15) is 5.75 Å². The fraction of sp³-hybridized carbons (Fsp3) is 0.467. The number of nitrogens with two attached hydrogens (primary N) is 2. The zero-order valence-corrected chi connectivity index (χ0v) is 12.1. The van der Waals surface area contributed by atoms with Gasteiger partial charge in [-0.15, -0.1) is 0 Å². The van der Waals surface area contributed by atoms with Crippen LogP contribution in [0.4, 0.5) is 0 Å². The van der Waals surface area contributed by atoms with Gasteiger partial charge in [-0.1, -0.05) is 12.1 Å². The molecule has 1 aromatic carbocycles. The lowest BCUT2D eigenvalue weighted by molar-refractivity contribution is -0.135. The summed E-state index contributed by atoms with van der Waals surface area (Å²) in [7, 11) is 1.61. The van der Waals surface area contributed by atoms with E-state index in [1.807, 2.05) is 24.3 Å². The van der Waals surface area contributed by atoms with Crippen LogP contribution in [-0.2, 0) is 9.59 Å². The van der Waals surface area contributed by atoms with E-state index in [9.17, 15) is 9.59 Å². The van der Waals surface area contributed by atoms with Crippen molar-refractivity contribution in [2.24, 2.45) is 11.5 Å². The minimum Gasteiger partial charge on any atom is -0.497 e. The first-order chi connectivity index (χ1) is 10.0. The molecule has 114 valence electrons. The van der Waals surface area contributed by atoms with Crippen molar-refractivity contribution < 1.29 is 14.3 Å². The molecule has 2 atom stereocenters. The molecule has 0 spiro atoms. The lowest BCUT2D eigenvalue weighted by atomic mass is 10.0. The fourth-order valence-electron chi connectivity index (χ4n) is 2.72. The molecule has 1 saturated heterocycles. The molecule has 0 radical (unpaired) electrons. The van der Waals surface area contributed by atoms with Gasteiger partial charge in [-0.25, -0.2) is 0 Å². The number of ether oxygens (including phenoxy) is 1. The van der Waals surface area contributed by atoms with Gasteiger partial charge < -0.3 is 21.1 Å². The third-order valence-electron chi connectivity index (χ3n) is 3.77. The maximum Gasteiger partial charge on any atom is 0.240 e. The fourth-order valence-corrected chi connectivity index (χ4v) is 2.72. The van der Waals surface area contributed by atoms with Gasteiger partial charge >= 0.3 is 0 Å². The molecule has 21 heavy (non-hydrogen) atoms. The maximum atomic E-state index is 12.4. The van der Waals surface area contributed by atoms with Crippen LogP contribution in [0.1, 0.15) is 30.9 Å². The molecule has 1 aliphatic heterocycles. The lowest BCUT2D eigenvalue weighted by Crippen LogP contribution is -2.45. The summed E-state index contributed by atoms with van der Waals surface area (Å²) in [6, 6.07) is 6.80. The maximum absolute atomic E-state index is 12.4. The van der Waals surface area contributed by atoms with Crippen molar-refractivity contribution in [2.75, 3.05) is 13.7 Å². The predicted octanol–water partition coefficient (Wildman–Crippen LogP) is 0.561. The van der Waals surface area contributed by atoms with Crippen molar-refractivity contribution in [1.29, 1.82) is 0 Å². The molecule has 0 aromatic heterocycles. The molecule has 1 fully saturated rings. The van der Waals surface area contributed by atoms with Gasteiger partial charge in [0, 0.05) is 6.54 Å². The Morgan fingerprint density at radius 1 is 1.38 bits per heavy atom. The molecular formula is C15H21N3O3. The molecule has 4 N–H and O–H groups in total. The molecule has 6 heteroatoms. The molecule has 1 aliphatic rings. The number of hydrogen-bond donors (Lipinski definition) is 2. The van der Waals surface area contributed by atoms with E-state index >= 15 is 0 Å². The molecule has 1 aromatic rings. The normalized spacial score (nSPS) is 19.3. The minimum absolute atomic E-state index is 0.00216. The predicted molar refractivity (Wildman–Crippen MR) is 78.5 cm³/mol. The molecule has 0 saturated carbocycles. The van der Waals surface area contributed by atoms with Crippen molar-refractivity contribution in [3.05, 3.63) is 29.8 Å². The number of amides is 2. The Labute approximate surface area is 124 Å². The highest BCUT2D eigenvalue weighted by molar-refractivity contribution is 5.88. The Morgan fingerprint density at radius 2 is 2.05 bits per heavy atom. The topological polar surface area (TPSA) is 98.7 Å². The smallest absolute Gasteiger partial charge is 0.240 e. The molecule has 1 heterocycles. The first-order valence-electron chi connectivity index (χ1n) is 7.01. The Balaban J connectivity index is 2.11. The molecule has 2 amide bonds. The van der Waals surface area contributed by atoms with Gasteiger partial charge in [0.05, 0.1) is 25.6 Å². The number of primary amides is 1. The van der Waals surface area contributed by atoms with Gasteiger partial charge in [0.15, 0.2) is 0 Å². The van der Waals surface area contributed by atoms with Crippen molar-refractivity contribution in [3.8, 4) is 5.75 Å². The number of nitrogens with zero attached hydrogens (tertiary/aromatic N) is 1. The summed E-state index contributed by atoms with van der Waals surface area (Å²) in [6.45, 7) is 0.655. The van der Waals surface area contributed by atoms with E-state index in [0.29, 0.717) is 6.54 Å². The number of rotatable bonds is 5. The van der Waals surface area contributed by atoms with Crippen LogP contribution in [0.3, 0.4) is 0 Å². The Morgan fingerprint density at radius 3 is 2.62 bits per heavy atom. The van der Waals surface area contributed by atoms with Crippen LogP contribution in [0.2, 0.25) is 0 Å². The second kappa shape index (κ2) is 6.58. The summed E-state index contributed by atoms with van der Waals surface area (Å²) >= 11 is 0. The number of methoxy groups -OCH3 is 1. The number of carbonyl (C=O) groups excluding carboxylic acids is 2. The van der Waals surface area contributed by atoms with E-state index in [4.69, 9.17) is 16.2 Å². The van der Waals surface area contributed by atoms with Crippen LogP contribution >= 0.6 is 0 Å². The molecule has 2 unspecified atom stereocenters. The van der Waals surface area contributed by atoms with E-state index < -0.39 is 11.9 Å². The van der Waals surface area contributed by atoms with Crippen molar-refractivity contribution in [2.45, 2.75) is 31.3 Å². The van der Waals surface area contributed by atoms with Crippen LogP contribution in [0.15, 0.2) is 24.3 Å². The Kier molecular flexibility index (Phi) is 4.80. The van der Waals surface area contributed by atoms with Gasteiger partial charge in [0.25, 0.3) is 0 Å². The zero-order chi connectivity index (χ0) is 15.4. The average molecular weight is 291 g/mol. The van der Waals surface area contributed by atoms with Crippen LogP contribution in [0.5, 0.6) is 5.75 Å². The summed E-state index contributed by atoms with van der Waals surface area (Å²) in [5, 5.41) is 0. The summed E-state index contributed by atoms with van der Waals surface area (Å²) in [6.07, 6.45) is 1.69. The number of hydrogen-bond acceptors (Lipinski definition) is 4. The number of carbonyl (C=O) groups is 2. The quantitative estimate of drug-likeness (QED) is 0.828. The van der Waals surface area contributed by atoms with Crippen molar-refractivity contribution >= 4 is 11.8 Å². The third-order valence-corrected chi connectivity index (χ3v) is 3.77. The molecular weight excluding hydrogens is 270 g/mol. The molecule has 0 bridgehead atoms. The van der Waals surface area contributed by atoms with Gasteiger partial charge in [-0.05, 0) is 30.5 Å². The summed E-state index contributed by atoms with van der Waals surface area (Å²) < 4.78 is 5.14. The Bertz CT molecular complexity index is 515. The lowest BCUT2D eigenvalue weighted by Gasteiger charge is -2.27. The molecule has 2 rings (SSSR count). The molecule has 0 aliphatic carbocycles. The van der Waals surface area contributed by atoms with E-state index in [-0.39, 0.29) is 18.4 Å². The zero-order valence-electron chi connectivity index (χ0n) is 12.1. The van der Waals surface area contributed by atoms with Crippen molar-refractivity contribution in [3.63, 3.8) is 0 Å². The first kappa shape index (κ1) is 15.3. The highest BCUT2D eigenvalue weighted by atomic mass is 16.5. The average Bonchev–Trinajstić information content (AvgIpc) is 2.95. The monoisotopic (exact) mass is 291 g/mol. The van der Waals surface area contributed by atoms with Crippen LogP contribution in [0.25, 0.3) is 0 Å². The van der Waals surface area contributed by atoms with E-state index in [1.54, 1.807) is 12.0 Å². The summed E-state index contributed by atoms with van der Waals surface area (Å²) in [4.78, 5) is 25.0. The SMILES string of the molecule is COc1ccc(C2CCCN2C(=O)C(N)CC(N)=O)cc1. The standard InChI is InChI=1S/C15H21N3O3/c1-21-11-6-4-10(5-7-11)13-3-2-8-18(13)15(20)12(16)9-14(17)19/h4-7,12-13H,2-3,8-9,16H2,1H3,(H2,17,19). The Hall–Kier alpha value is -2.08.